The predicted octanol–water partition coefficient (Wildman–Crippen LogP) is 4.43. The van der Waals surface area contributed by atoms with Gasteiger partial charge in [0, 0.05) is 5.57 Å². The van der Waals surface area contributed by atoms with E-state index in [1.54, 1.807) is 18.8 Å². The summed E-state index contributed by atoms with van der Waals surface area (Å²) < 4.78 is 5.00. The molecule has 0 N–H and O–H groups in total. The molecule has 0 aliphatic carbocycles. The quantitative estimate of drug-likeness (QED) is 0.311. The van der Waals surface area contributed by atoms with Crippen LogP contribution in [0.4, 0.5) is 0 Å². The minimum atomic E-state index is 0.882. The summed E-state index contributed by atoms with van der Waals surface area (Å²) in [6, 6.07) is 0. The summed E-state index contributed by atoms with van der Waals surface area (Å²) in [4.78, 5) is 0. The molecule has 0 atom stereocenters. The second-order valence-electron chi connectivity index (χ2n) is 3.39. The lowest BCUT2D eigenvalue weighted by atomic mass is 10.0. The van der Waals surface area contributed by atoms with Crippen LogP contribution in [0.15, 0.2) is 59.3 Å². The Hall–Kier alpha value is -1.15. The van der Waals surface area contributed by atoms with Crippen molar-refractivity contribution in [2.24, 2.45) is 0 Å². The molecule has 0 saturated carbocycles. The molecular weight excluding hydrogens is 216 g/mol. The third-order valence-electron chi connectivity index (χ3n) is 1.98. The van der Waals surface area contributed by atoms with Crippen molar-refractivity contribution < 1.29 is 4.74 Å². The van der Waals surface area contributed by atoms with Gasteiger partial charge in [-0.2, -0.15) is 12.6 Å². The molecule has 2 heteroatoms. The summed E-state index contributed by atoms with van der Waals surface area (Å²) in [5.74, 6) is 0. The molecule has 0 aliphatic heterocycles. The first-order valence-corrected chi connectivity index (χ1v) is 5.68. The Labute approximate surface area is 104 Å². The highest BCUT2D eigenvalue weighted by atomic mass is 32.1. The lowest BCUT2D eigenvalue weighted by Crippen LogP contribution is -1.85. The fourth-order valence-electron chi connectivity index (χ4n) is 1.15. The first kappa shape index (κ1) is 14.8. The van der Waals surface area contributed by atoms with E-state index in [1.165, 1.54) is 5.57 Å². The molecular formula is C14H20OS. The topological polar surface area (TPSA) is 9.23 Å². The normalized spacial score (nSPS) is 13.8. The molecule has 0 aromatic rings. The highest BCUT2D eigenvalue weighted by Crippen LogP contribution is 2.16. The molecule has 0 radical (unpaired) electrons. The number of methoxy groups -OCH3 is 1. The standard InChI is InChI=1S/C14H20OS/c1-5-6-7-14(12(2)3)10-13(8-9-16)11-15-4/h5-6,8-11,16H,2,7H2,1,3-4H3/b6-5+,9-8+,13-11-,14-10-. The molecule has 0 heterocycles. The van der Waals surface area contributed by atoms with Gasteiger partial charge in [0.05, 0.1) is 13.4 Å². The van der Waals surface area contributed by atoms with E-state index in [0.717, 1.165) is 17.6 Å². The van der Waals surface area contributed by atoms with E-state index in [2.05, 4.69) is 31.4 Å². The maximum atomic E-state index is 5.00. The van der Waals surface area contributed by atoms with Gasteiger partial charge in [0.15, 0.2) is 0 Å². The monoisotopic (exact) mass is 236 g/mol. The van der Waals surface area contributed by atoms with Gasteiger partial charge in [-0.1, -0.05) is 24.3 Å². The highest BCUT2D eigenvalue weighted by molar-refractivity contribution is 7.83. The first-order chi connectivity index (χ1) is 7.65. The molecule has 16 heavy (non-hydrogen) atoms. The molecule has 0 aromatic carbocycles. The van der Waals surface area contributed by atoms with Crippen LogP contribution in [-0.4, -0.2) is 7.11 Å². The van der Waals surface area contributed by atoms with E-state index in [0.29, 0.717) is 0 Å². The van der Waals surface area contributed by atoms with Crippen LogP contribution in [0.5, 0.6) is 0 Å². The van der Waals surface area contributed by atoms with Gasteiger partial charge in [-0.15, -0.1) is 0 Å². The van der Waals surface area contributed by atoms with Gasteiger partial charge in [-0.05, 0) is 43.4 Å². The first-order valence-electron chi connectivity index (χ1n) is 5.17. The third kappa shape index (κ3) is 6.36. The maximum Gasteiger partial charge on any atom is 0.0897 e. The van der Waals surface area contributed by atoms with Gasteiger partial charge in [0.25, 0.3) is 0 Å². The van der Waals surface area contributed by atoms with E-state index in [1.807, 2.05) is 26.0 Å². The van der Waals surface area contributed by atoms with Crippen LogP contribution in [0.3, 0.4) is 0 Å². The van der Waals surface area contributed by atoms with Crippen molar-refractivity contribution in [1.29, 1.82) is 0 Å². The Morgan fingerprint density at radius 1 is 1.44 bits per heavy atom. The second-order valence-corrected chi connectivity index (χ2v) is 3.69. The van der Waals surface area contributed by atoms with E-state index >= 15 is 0 Å². The summed E-state index contributed by atoms with van der Waals surface area (Å²) in [5.41, 5.74) is 3.22. The zero-order chi connectivity index (χ0) is 12.4. The fraction of sp³-hybridized carbons (Fsp3) is 0.286. The second kappa shape index (κ2) is 9.10. The summed E-state index contributed by atoms with van der Waals surface area (Å²) in [7, 11) is 1.63. The molecule has 0 bridgehead atoms. The largest absolute Gasteiger partial charge is 0.504 e. The van der Waals surface area contributed by atoms with Gasteiger partial charge in [-0.25, -0.2) is 0 Å². The average molecular weight is 236 g/mol. The van der Waals surface area contributed by atoms with Gasteiger partial charge < -0.3 is 4.74 Å². The van der Waals surface area contributed by atoms with Crippen LogP contribution in [0.25, 0.3) is 0 Å². The van der Waals surface area contributed by atoms with Crippen LogP contribution in [0.2, 0.25) is 0 Å². The van der Waals surface area contributed by atoms with Crippen molar-refractivity contribution in [3.05, 3.63) is 59.3 Å². The van der Waals surface area contributed by atoms with E-state index in [4.69, 9.17) is 4.74 Å². The van der Waals surface area contributed by atoms with Crippen LogP contribution < -0.4 is 0 Å². The molecule has 0 fully saturated rings. The summed E-state index contributed by atoms with van der Waals surface area (Å²) >= 11 is 4.05. The van der Waals surface area contributed by atoms with Crippen molar-refractivity contribution in [2.45, 2.75) is 20.3 Å². The Morgan fingerprint density at radius 3 is 2.56 bits per heavy atom. The maximum absolute atomic E-state index is 5.00. The van der Waals surface area contributed by atoms with Crippen molar-refractivity contribution in [1.82, 2.24) is 0 Å². The number of allylic oxidation sites excluding steroid dienone is 7. The van der Waals surface area contributed by atoms with Crippen molar-refractivity contribution in [3.8, 4) is 0 Å². The van der Waals surface area contributed by atoms with Crippen molar-refractivity contribution in [2.75, 3.05) is 7.11 Å². The van der Waals surface area contributed by atoms with E-state index in [9.17, 15) is 0 Å². The number of hydrogen-bond donors (Lipinski definition) is 1. The van der Waals surface area contributed by atoms with Gasteiger partial charge in [0.2, 0.25) is 0 Å². The zero-order valence-electron chi connectivity index (χ0n) is 10.2. The van der Waals surface area contributed by atoms with Crippen LogP contribution in [-0.2, 0) is 4.74 Å². The average Bonchev–Trinajstić information content (AvgIpc) is 2.24. The number of hydrogen-bond acceptors (Lipinski definition) is 2. The zero-order valence-corrected chi connectivity index (χ0v) is 11.1. The highest BCUT2D eigenvalue weighted by Gasteiger charge is 1.97. The number of thiol groups is 1. The Balaban J connectivity index is 4.99. The van der Waals surface area contributed by atoms with E-state index < -0.39 is 0 Å². The molecule has 0 aromatic heterocycles. The molecule has 0 rings (SSSR count). The summed E-state index contributed by atoms with van der Waals surface area (Å²) in [5, 5.41) is 1.69. The van der Waals surface area contributed by atoms with Crippen LogP contribution >= 0.6 is 12.6 Å². The lowest BCUT2D eigenvalue weighted by molar-refractivity contribution is 0.336. The van der Waals surface area contributed by atoms with Crippen molar-refractivity contribution in [3.63, 3.8) is 0 Å². The predicted molar refractivity (Wildman–Crippen MR) is 75.5 cm³/mol. The molecule has 1 nitrogen and oxygen atoms in total. The van der Waals surface area contributed by atoms with E-state index in [-0.39, 0.29) is 0 Å². The number of rotatable bonds is 6. The smallest absolute Gasteiger partial charge is 0.0897 e. The molecule has 0 aliphatic rings. The molecule has 0 spiro atoms. The molecule has 0 saturated heterocycles. The van der Waals surface area contributed by atoms with Gasteiger partial charge in [-0.3, -0.25) is 0 Å². The minimum Gasteiger partial charge on any atom is -0.504 e. The van der Waals surface area contributed by atoms with Crippen LogP contribution in [0, 0.1) is 0 Å². The third-order valence-corrected chi connectivity index (χ3v) is 2.13. The summed E-state index contributed by atoms with van der Waals surface area (Å²) in [6.45, 7) is 7.98. The molecule has 0 unspecified atom stereocenters. The van der Waals surface area contributed by atoms with Crippen LogP contribution in [0.1, 0.15) is 20.3 Å². The van der Waals surface area contributed by atoms with Gasteiger partial charge >= 0.3 is 0 Å². The van der Waals surface area contributed by atoms with Gasteiger partial charge in [0.1, 0.15) is 0 Å². The fourth-order valence-corrected chi connectivity index (χ4v) is 1.32. The number of ether oxygens (including phenoxy) is 1. The minimum absolute atomic E-state index is 0.882. The summed E-state index contributed by atoms with van der Waals surface area (Å²) in [6.07, 6.45) is 10.6. The molecule has 0 amide bonds. The van der Waals surface area contributed by atoms with Crippen molar-refractivity contribution >= 4 is 12.6 Å². The Bertz CT molecular complexity index is 333. The Morgan fingerprint density at radius 2 is 2.12 bits per heavy atom. The molecule has 88 valence electrons. The lowest BCUT2D eigenvalue weighted by Gasteiger charge is -2.04. The Kier molecular flexibility index (Phi) is 8.45. The SMILES string of the molecule is C=C(C)\C(=C/C(/C=C/S)=C\OC)C/C=C/C.